The molecule has 3 aromatic rings. The minimum absolute atomic E-state index is 0.00127. The van der Waals surface area contributed by atoms with Crippen molar-refractivity contribution in [2.45, 2.75) is 40.0 Å². The van der Waals surface area contributed by atoms with Crippen LogP contribution in [0.15, 0.2) is 48.5 Å². The molecular formula is C23H26N4O2. The lowest BCUT2D eigenvalue weighted by Crippen LogP contribution is -2.42. The van der Waals surface area contributed by atoms with Crippen LogP contribution < -0.4 is 5.32 Å². The number of carbonyl (C=O) groups is 1. The number of benzene rings is 2. The van der Waals surface area contributed by atoms with Gasteiger partial charge in [-0.2, -0.15) is 5.10 Å². The fourth-order valence-electron chi connectivity index (χ4n) is 3.99. The Morgan fingerprint density at radius 1 is 1.07 bits per heavy atom. The van der Waals surface area contributed by atoms with E-state index in [2.05, 4.69) is 41.6 Å². The Hall–Kier alpha value is -3.12. The Kier molecular flexibility index (Phi) is 5.11. The van der Waals surface area contributed by atoms with Gasteiger partial charge in [-0.3, -0.25) is 9.48 Å². The summed E-state index contributed by atoms with van der Waals surface area (Å²) in [5, 5.41) is 17.5. The third kappa shape index (κ3) is 3.51. The second-order valence-corrected chi connectivity index (χ2v) is 7.54. The zero-order valence-electron chi connectivity index (χ0n) is 17.0. The molecule has 1 aliphatic rings. The SMILES string of the molecule is Cc1ccc(CN2C(=O)c3ccccc3N[C@@H]2c2c(C)nn(CCO)c2C)cc1. The predicted molar refractivity (Wildman–Crippen MR) is 113 cm³/mol. The first-order chi connectivity index (χ1) is 14.0. The Morgan fingerprint density at radius 2 is 1.79 bits per heavy atom. The van der Waals surface area contributed by atoms with E-state index in [1.807, 2.05) is 43.0 Å². The molecule has 0 aliphatic carbocycles. The largest absolute Gasteiger partial charge is 0.394 e. The van der Waals surface area contributed by atoms with Crippen LogP contribution in [0, 0.1) is 20.8 Å². The molecule has 6 nitrogen and oxygen atoms in total. The third-order valence-electron chi connectivity index (χ3n) is 5.52. The molecule has 0 bridgehead atoms. The van der Waals surface area contributed by atoms with E-state index in [-0.39, 0.29) is 18.7 Å². The number of nitrogens with one attached hydrogen (secondary N) is 1. The lowest BCUT2D eigenvalue weighted by molar-refractivity contribution is 0.0665. The Bertz CT molecular complexity index is 1040. The average Bonchev–Trinajstić information content (AvgIpc) is 2.99. The number of aromatic nitrogens is 2. The summed E-state index contributed by atoms with van der Waals surface area (Å²) in [5.41, 5.74) is 6.56. The summed E-state index contributed by atoms with van der Waals surface area (Å²) < 4.78 is 1.81. The van der Waals surface area contributed by atoms with Gasteiger partial charge in [0.05, 0.1) is 24.4 Å². The Labute approximate surface area is 170 Å². The van der Waals surface area contributed by atoms with Crippen LogP contribution in [-0.4, -0.2) is 32.3 Å². The van der Waals surface area contributed by atoms with Gasteiger partial charge in [0.15, 0.2) is 0 Å². The maximum absolute atomic E-state index is 13.4. The molecule has 1 atom stereocenters. The number of hydrogen-bond donors (Lipinski definition) is 2. The number of anilines is 1. The van der Waals surface area contributed by atoms with Crippen LogP contribution >= 0.6 is 0 Å². The van der Waals surface area contributed by atoms with E-state index >= 15 is 0 Å². The van der Waals surface area contributed by atoms with E-state index < -0.39 is 0 Å². The summed E-state index contributed by atoms with van der Waals surface area (Å²) in [6.45, 7) is 6.94. The Morgan fingerprint density at radius 3 is 2.52 bits per heavy atom. The highest BCUT2D eigenvalue weighted by Gasteiger charge is 2.35. The molecule has 0 saturated carbocycles. The summed E-state index contributed by atoms with van der Waals surface area (Å²) >= 11 is 0. The van der Waals surface area contributed by atoms with E-state index in [1.54, 1.807) is 4.68 Å². The van der Waals surface area contributed by atoms with E-state index in [0.29, 0.717) is 18.7 Å². The van der Waals surface area contributed by atoms with Gasteiger partial charge in [0, 0.05) is 23.5 Å². The number of nitrogens with zero attached hydrogens (tertiary/aromatic N) is 3. The number of carbonyl (C=O) groups excluding carboxylic acids is 1. The normalized spacial score (nSPS) is 15.9. The van der Waals surface area contributed by atoms with Crippen molar-refractivity contribution in [2.75, 3.05) is 11.9 Å². The molecule has 1 aliphatic heterocycles. The Balaban J connectivity index is 1.79. The second kappa shape index (κ2) is 7.72. The molecule has 6 heteroatoms. The van der Waals surface area contributed by atoms with Crippen molar-refractivity contribution >= 4 is 11.6 Å². The molecule has 2 aromatic carbocycles. The van der Waals surface area contributed by atoms with Crippen LogP contribution in [0.25, 0.3) is 0 Å². The molecule has 0 fully saturated rings. The van der Waals surface area contributed by atoms with Gasteiger partial charge < -0.3 is 15.3 Å². The highest BCUT2D eigenvalue weighted by atomic mass is 16.3. The number of aryl methyl sites for hydroxylation is 2. The van der Waals surface area contributed by atoms with Crippen molar-refractivity contribution in [3.05, 3.63) is 82.2 Å². The molecule has 1 amide bonds. The van der Waals surface area contributed by atoms with E-state index in [9.17, 15) is 9.90 Å². The smallest absolute Gasteiger partial charge is 0.258 e. The second-order valence-electron chi connectivity index (χ2n) is 7.54. The highest BCUT2D eigenvalue weighted by Crippen LogP contribution is 2.36. The molecular weight excluding hydrogens is 364 g/mol. The zero-order chi connectivity index (χ0) is 20.5. The molecule has 0 spiro atoms. The third-order valence-corrected chi connectivity index (χ3v) is 5.52. The van der Waals surface area contributed by atoms with Crippen molar-refractivity contribution in [3.63, 3.8) is 0 Å². The van der Waals surface area contributed by atoms with Crippen LogP contribution in [0.5, 0.6) is 0 Å². The van der Waals surface area contributed by atoms with Gasteiger partial charge in [0.1, 0.15) is 6.17 Å². The van der Waals surface area contributed by atoms with Gasteiger partial charge in [0.25, 0.3) is 5.91 Å². The van der Waals surface area contributed by atoms with Gasteiger partial charge in [0.2, 0.25) is 0 Å². The fraction of sp³-hybridized carbons (Fsp3) is 0.304. The first kappa shape index (κ1) is 19.2. The molecule has 1 aromatic heterocycles. The van der Waals surface area contributed by atoms with E-state index in [1.165, 1.54) is 5.56 Å². The topological polar surface area (TPSA) is 70.4 Å². The van der Waals surface area contributed by atoms with Crippen LogP contribution in [-0.2, 0) is 13.1 Å². The van der Waals surface area contributed by atoms with Crippen LogP contribution in [0.1, 0.15) is 44.6 Å². The number of aliphatic hydroxyl groups is 1. The molecule has 0 radical (unpaired) electrons. The van der Waals surface area contributed by atoms with Gasteiger partial charge >= 0.3 is 0 Å². The lowest BCUT2D eigenvalue weighted by Gasteiger charge is -2.38. The number of amides is 1. The van der Waals surface area contributed by atoms with Gasteiger partial charge in [-0.15, -0.1) is 0 Å². The summed E-state index contributed by atoms with van der Waals surface area (Å²) in [7, 11) is 0. The summed E-state index contributed by atoms with van der Waals surface area (Å²) in [5.74, 6) is -0.00127. The maximum atomic E-state index is 13.4. The molecule has 0 unspecified atom stereocenters. The highest BCUT2D eigenvalue weighted by molar-refractivity contribution is 6.01. The summed E-state index contributed by atoms with van der Waals surface area (Å²) in [6.07, 6.45) is -0.328. The number of aliphatic hydroxyl groups excluding tert-OH is 1. The molecule has 150 valence electrons. The molecule has 29 heavy (non-hydrogen) atoms. The molecule has 2 heterocycles. The van der Waals surface area contributed by atoms with Crippen molar-refractivity contribution in [1.29, 1.82) is 0 Å². The minimum atomic E-state index is -0.328. The van der Waals surface area contributed by atoms with Crippen molar-refractivity contribution in [2.24, 2.45) is 0 Å². The van der Waals surface area contributed by atoms with Crippen molar-refractivity contribution < 1.29 is 9.90 Å². The van der Waals surface area contributed by atoms with E-state index in [4.69, 9.17) is 0 Å². The number of fused-ring (bicyclic) bond motifs is 1. The predicted octanol–water partition coefficient (Wildman–Crippen LogP) is 3.57. The van der Waals surface area contributed by atoms with Gasteiger partial charge in [-0.25, -0.2) is 0 Å². The minimum Gasteiger partial charge on any atom is -0.394 e. The number of rotatable bonds is 5. The molecule has 2 N–H and O–H groups in total. The van der Waals surface area contributed by atoms with Crippen molar-refractivity contribution in [3.8, 4) is 0 Å². The first-order valence-corrected chi connectivity index (χ1v) is 9.86. The molecule has 0 saturated heterocycles. The van der Waals surface area contributed by atoms with Gasteiger partial charge in [-0.05, 0) is 38.5 Å². The summed E-state index contributed by atoms with van der Waals surface area (Å²) in [6, 6.07) is 15.9. The van der Waals surface area contributed by atoms with Crippen LogP contribution in [0.4, 0.5) is 5.69 Å². The zero-order valence-corrected chi connectivity index (χ0v) is 17.0. The quantitative estimate of drug-likeness (QED) is 0.699. The number of hydrogen-bond acceptors (Lipinski definition) is 4. The monoisotopic (exact) mass is 390 g/mol. The standard InChI is InChI=1S/C23H26N4O2/c1-15-8-10-18(11-9-15)14-26-22(21-16(2)25-27(12-13-28)17(21)3)24-20-7-5-4-6-19(20)23(26)29/h4-11,22,24,28H,12-14H2,1-3H3/t22-/m0/s1. The summed E-state index contributed by atoms with van der Waals surface area (Å²) in [4.78, 5) is 15.3. The maximum Gasteiger partial charge on any atom is 0.258 e. The molecule has 4 rings (SSSR count). The van der Waals surface area contributed by atoms with Crippen LogP contribution in [0.2, 0.25) is 0 Å². The average molecular weight is 390 g/mol. The fourth-order valence-corrected chi connectivity index (χ4v) is 3.99. The van der Waals surface area contributed by atoms with Gasteiger partial charge in [-0.1, -0.05) is 42.0 Å². The first-order valence-electron chi connectivity index (χ1n) is 9.86. The van der Waals surface area contributed by atoms with Crippen LogP contribution in [0.3, 0.4) is 0 Å². The number of para-hydroxylation sites is 1. The van der Waals surface area contributed by atoms with Crippen molar-refractivity contribution in [1.82, 2.24) is 14.7 Å². The lowest BCUT2D eigenvalue weighted by atomic mass is 10.0. The van der Waals surface area contributed by atoms with E-state index in [0.717, 1.165) is 28.2 Å².